The topological polar surface area (TPSA) is 48.1 Å². The third kappa shape index (κ3) is 2.37. The molecule has 0 saturated heterocycles. The van der Waals surface area contributed by atoms with Crippen LogP contribution in [0.1, 0.15) is 25.7 Å². The van der Waals surface area contributed by atoms with E-state index in [0.717, 1.165) is 12.5 Å². The van der Waals surface area contributed by atoms with E-state index in [9.17, 15) is 0 Å². The summed E-state index contributed by atoms with van der Waals surface area (Å²) in [6.45, 7) is 0.788. The summed E-state index contributed by atoms with van der Waals surface area (Å²) in [5.41, 5.74) is 5.55. The first-order valence-corrected chi connectivity index (χ1v) is 5.20. The molecule has 1 aliphatic carbocycles. The van der Waals surface area contributed by atoms with Crippen molar-refractivity contribution in [2.24, 2.45) is 5.92 Å². The van der Waals surface area contributed by atoms with Gasteiger partial charge in [-0.15, -0.1) is 0 Å². The summed E-state index contributed by atoms with van der Waals surface area (Å²) in [6.07, 6.45) is 5.28. The maximum absolute atomic E-state index is 5.58. The van der Waals surface area contributed by atoms with E-state index in [0.29, 0.717) is 11.7 Å². The van der Waals surface area contributed by atoms with Gasteiger partial charge in [-0.2, -0.15) is 4.98 Å². The van der Waals surface area contributed by atoms with Crippen molar-refractivity contribution >= 4 is 5.82 Å². The van der Waals surface area contributed by atoms with Crippen molar-refractivity contribution in [1.82, 2.24) is 4.98 Å². The fourth-order valence-electron chi connectivity index (χ4n) is 1.89. The van der Waals surface area contributed by atoms with Gasteiger partial charge in [0.15, 0.2) is 0 Å². The first-order chi connectivity index (χ1) is 6.84. The normalized spacial score (nSPS) is 17.1. The number of hydrogen-bond donors (Lipinski definition) is 1. The van der Waals surface area contributed by atoms with Crippen LogP contribution in [0, 0.1) is 5.92 Å². The maximum Gasteiger partial charge on any atom is 0.215 e. The minimum atomic E-state index is 0.522. The number of rotatable bonds is 3. The van der Waals surface area contributed by atoms with Crippen molar-refractivity contribution in [3.63, 3.8) is 0 Å². The summed E-state index contributed by atoms with van der Waals surface area (Å²) in [7, 11) is 0. The zero-order valence-electron chi connectivity index (χ0n) is 8.28. The molecule has 0 radical (unpaired) electrons. The summed E-state index contributed by atoms with van der Waals surface area (Å²) in [5, 5.41) is 0. The molecule has 1 aromatic heterocycles. The van der Waals surface area contributed by atoms with Crippen molar-refractivity contribution in [1.29, 1.82) is 0 Å². The number of nitrogen functional groups attached to an aromatic ring is 1. The lowest BCUT2D eigenvalue weighted by atomic mass is 10.1. The lowest BCUT2D eigenvalue weighted by Crippen LogP contribution is -2.09. The van der Waals surface area contributed by atoms with E-state index in [1.807, 2.05) is 12.1 Å². The molecule has 14 heavy (non-hydrogen) atoms. The van der Waals surface area contributed by atoms with Gasteiger partial charge in [-0.1, -0.05) is 18.9 Å². The Morgan fingerprint density at radius 2 is 2.14 bits per heavy atom. The van der Waals surface area contributed by atoms with Crippen molar-refractivity contribution < 1.29 is 4.74 Å². The Labute approximate surface area is 84.3 Å². The fourth-order valence-corrected chi connectivity index (χ4v) is 1.89. The Morgan fingerprint density at radius 1 is 1.36 bits per heavy atom. The maximum atomic E-state index is 5.58. The van der Waals surface area contributed by atoms with Gasteiger partial charge in [-0.25, -0.2) is 0 Å². The molecule has 3 heteroatoms. The predicted molar refractivity (Wildman–Crippen MR) is 56.1 cm³/mol. The number of pyridine rings is 1. The highest BCUT2D eigenvalue weighted by Crippen LogP contribution is 2.25. The van der Waals surface area contributed by atoms with E-state index in [1.165, 1.54) is 25.7 Å². The minimum absolute atomic E-state index is 0.522. The van der Waals surface area contributed by atoms with Gasteiger partial charge in [0.25, 0.3) is 0 Å². The van der Waals surface area contributed by atoms with Crippen molar-refractivity contribution in [2.75, 3.05) is 12.3 Å². The van der Waals surface area contributed by atoms with Crippen LogP contribution in [0.2, 0.25) is 0 Å². The van der Waals surface area contributed by atoms with Gasteiger partial charge in [-0.05, 0) is 24.8 Å². The molecule has 1 aromatic rings. The second-order valence-electron chi connectivity index (χ2n) is 3.86. The van der Waals surface area contributed by atoms with Crippen LogP contribution in [0.5, 0.6) is 5.88 Å². The summed E-state index contributed by atoms with van der Waals surface area (Å²) in [5.74, 6) is 1.89. The Bertz CT molecular complexity index is 295. The van der Waals surface area contributed by atoms with E-state index in [2.05, 4.69) is 4.98 Å². The minimum Gasteiger partial charge on any atom is -0.477 e. The first kappa shape index (κ1) is 9.31. The molecule has 76 valence electrons. The van der Waals surface area contributed by atoms with E-state index >= 15 is 0 Å². The third-order valence-corrected chi connectivity index (χ3v) is 2.69. The van der Waals surface area contributed by atoms with Crippen LogP contribution in [-0.2, 0) is 0 Å². The van der Waals surface area contributed by atoms with Gasteiger partial charge < -0.3 is 10.5 Å². The standard InChI is InChI=1S/C11H16N2O/c12-10-6-3-7-11(13-10)14-8-9-4-1-2-5-9/h3,6-7,9H,1-2,4-5,8H2,(H2,12,13). The second kappa shape index (κ2) is 4.31. The molecule has 0 bridgehead atoms. The summed E-state index contributed by atoms with van der Waals surface area (Å²) in [6, 6.07) is 5.49. The monoisotopic (exact) mass is 192 g/mol. The number of nitrogens with two attached hydrogens (primary N) is 1. The smallest absolute Gasteiger partial charge is 0.215 e. The van der Waals surface area contributed by atoms with Crippen LogP contribution >= 0.6 is 0 Å². The van der Waals surface area contributed by atoms with Crippen LogP contribution < -0.4 is 10.5 Å². The number of ether oxygens (including phenoxy) is 1. The Kier molecular flexibility index (Phi) is 2.87. The molecule has 0 amide bonds. The summed E-state index contributed by atoms with van der Waals surface area (Å²) in [4.78, 5) is 4.09. The number of nitrogens with zero attached hydrogens (tertiary/aromatic N) is 1. The van der Waals surface area contributed by atoms with Gasteiger partial charge in [0.2, 0.25) is 5.88 Å². The molecule has 0 spiro atoms. The Balaban J connectivity index is 1.85. The highest BCUT2D eigenvalue weighted by atomic mass is 16.5. The van der Waals surface area contributed by atoms with E-state index in [4.69, 9.17) is 10.5 Å². The van der Waals surface area contributed by atoms with E-state index in [1.54, 1.807) is 6.07 Å². The van der Waals surface area contributed by atoms with Gasteiger partial charge in [0.05, 0.1) is 6.61 Å². The predicted octanol–water partition coefficient (Wildman–Crippen LogP) is 2.23. The van der Waals surface area contributed by atoms with Crippen LogP contribution in [0.4, 0.5) is 5.82 Å². The Hall–Kier alpha value is -1.25. The molecular formula is C11H16N2O. The highest BCUT2D eigenvalue weighted by molar-refractivity contribution is 5.31. The fraction of sp³-hybridized carbons (Fsp3) is 0.545. The molecule has 1 fully saturated rings. The third-order valence-electron chi connectivity index (χ3n) is 2.69. The van der Waals surface area contributed by atoms with E-state index in [-0.39, 0.29) is 0 Å². The number of aromatic nitrogens is 1. The molecule has 2 N–H and O–H groups in total. The number of hydrogen-bond acceptors (Lipinski definition) is 3. The summed E-state index contributed by atoms with van der Waals surface area (Å²) >= 11 is 0. The molecule has 0 aliphatic heterocycles. The van der Waals surface area contributed by atoms with Crippen molar-refractivity contribution in [3.8, 4) is 5.88 Å². The molecule has 0 unspecified atom stereocenters. The van der Waals surface area contributed by atoms with E-state index < -0.39 is 0 Å². The van der Waals surface area contributed by atoms with Gasteiger partial charge in [0.1, 0.15) is 5.82 Å². The Morgan fingerprint density at radius 3 is 2.86 bits per heavy atom. The zero-order valence-corrected chi connectivity index (χ0v) is 8.28. The molecule has 0 atom stereocenters. The zero-order chi connectivity index (χ0) is 9.80. The van der Waals surface area contributed by atoms with Crippen LogP contribution in [0.25, 0.3) is 0 Å². The largest absolute Gasteiger partial charge is 0.477 e. The van der Waals surface area contributed by atoms with Crippen LogP contribution in [-0.4, -0.2) is 11.6 Å². The van der Waals surface area contributed by atoms with Crippen molar-refractivity contribution in [3.05, 3.63) is 18.2 Å². The molecule has 3 nitrogen and oxygen atoms in total. The van der Waals surface area contributed by atoms with Gasteiger partial charge >= 0.3 is 0 Å². The highest BCUT2D eigenvalue weighted by Gasteiger charge is 2.15. The van der Waals surface area contributed by atoms with Gasteiger partial charge in [0, 0.05) is 6.07 Å². The van der Waals surface area contributed by atoms with Crippen LogP contribution in [0.15, 0.2) is 18.2 Å². The SMILES string of the molecule is Nc1cccc(OCC2CCCC2)n1. The summed E-state index contributed by atoms with van der Waals surface area (Å²) < 4.78 is 5.58. The molecule has 1 saturated carbocycles. The number of anilines is 1. The quantitative estimate of drug-likeness (QED) is 0.798. The lowest BCUT2D eigenvalue weighted by Gasteiger charge is -2.10. The lowest BCUT2D eigenvalue weighted by molar-refractivity contribution is 0.244. The molecule has 1 aliphatic rings. The average molecular weight is 192 g/mol. The molecule has 1 heterocycles. The van der Waals surface area contributed by atoms with Crippen LogP contribution in [0.3, 0.4) is 0 Å². The first-order valence-electron chi connectivity index (χ1n) is 5.20. The average Bonchev–Trinajstić information content (AvgIpc) is 2.67. The molecular weight excluding hydrogens is 176 g/mol. The van der Waals surface area contributed by atoms with Gasteiger partial charge in [-0.3, -0.25) is 0 Å². The van der Waals surface area contributed by atoms with Crippen molar-refractivity contribution in [2.45, 2.75) is 25.7 Å². The molecule has 0 aromatic carbocycles. The second-order valence-corrected chi connectivity index (χ2v) is 3.86. The molecule has 2 rings (SSSR count).